The molecule has 3 aromatic rings. The monoisotopic (exact) mass is 528 g/mol. The lowest BCUT2D eigenvalue weighted by molar-refractivity contribution is -0.126. The van der Waals surface area contributed by atoms with Crippen molar-refractivity contribution in [2.45, 2.75) is 20.0 Å². The van der Waals surface area contributed by atoms with Crippen LogP contribution in [0.2, 0.25) is 0 Å². The van der Waals surface area contributed by atoms with E-state index >= 15 is 0 Å². The highest BCUT2D eigenvalue weighted by Crippen LogP contribution is 2.20. The average molecular weight is 529 g/mol. The van der Waals surface area contributed by atoms with Crippen LogP contribution in [0.5, 0.6) is 5.75 Å². The highest BCUT2D eigenvalue weighted by atomic mass is 32.1. The van der Waals surface area contributed by atoms with Crippen molar-refractivity contribution in [1.82, 2.24) is 10.2 Å². The Morgan fingerprint density at radius 2 is 1.55 bits per heavy atom. The van der Waals surface area contributed by atoms with Crippen LogP contribution in [0.15, 0.2) is 84.9 Å². The average Bonchev–Trinajstić information content (AvgIpc) is 2.93. The number of hydrogen-bond acceptors (Lipinski definition) is 5. The van der Waals surface area contributed by atoms with Gasteiger partial charge < -0.3 is 19.9 Å². The molecule has 0 atom stereocenters. The SMILES string of the molecule is CC(C)Oc1ccc(C(=O)NC(=S)Nc2ccc(N3CCN(C(=O)/C=C/c4ccccc4)CC3)cc2)cc1. The number of nitrogens with one attached hydrogen (secondary N) is 2. The van der Waals surface area contributed by atoms with Crippen LogP contribution < -0.4 is 20.3 Å². The fourth-order valence-electron chi connectivity index (χ4n) is 4.07. The van der Waals surface area contributed by atoms with E-state index in [1.807, 2.05) is 79.4 Å². The molecule has 7 nitrogen and oxygen atoms in total. The summed E-state index contributed by atoms with van der Waals surface area (Å²) in [5.74, 6) is 0.454. The van der Waals surface area contributed by atoms with Crippen LogP contribution in [0.1, 0.15) is 29.8 Å². The van der Waals surface area contributed by atoms with Crippen LogP contribution in [-0.2, 0) is 4.79 Å². The van der Waals surface area contributed by atoms with Gasteiger partial charge in [-0.1, -0.05) is 30.3 Å². The highest BCUT2D eigenvalue weighted by molar-refractivity contribution is 7.80. The summed E-state index contributed by atoms with van der Waals surface area (Å²) >= 11 is 5.32. The third-order valence-corrected chi connectivity index (χ3v) is 6.22. The van der Waals surface area contributed by atoms with Crippen molar-refractivity contribution >= 4 is 46.6 Å². The minimum absolute atomic E-state index is 0.0310. The molecule has 1 heterocycles. The zero-order chi connectivity index (χ0) is 26.9. The molecule has 0 aromatic heterocycles. The van der Waals surface area contributed by atoms with Crippen LogP contribution >= 0.6 is 12.2 Å². The molecule has 1 saturated heterocycles. The summed E-state index contributed by atoms with van der Waals surface area (Å²) in [5.41, 5.74) is 3.35. The van der Waals surface area contributed by atoms with Gasteiger partial charge in [-0.25, -0.2) is 0 Å². The van der Waals surface area contributed by atoms with Gasteiger partial charge in [0.05, 0.1) is 6.10 Å². The molecular weight excluding hydrogens is 496 g/mol. The number of rotatable bonds is 7. The summed E-state index contributed by atoms with van der Waals surface area (Å²) in [6, 6.07) is 24.6. The third-order valence-electron chi connectivity index (χ3n) is 6.01. The van der Waals surface area contributed by atoms with E-state index in [0.29, 0.717) is 24.4 Å². The predicted octanol–water partition coefficient (Wildman–Crippen LogP) is 4.96. The largest absolute Gasteiger partial charge is 0.491 e. The molecule has 0 radical (unpaired) electrons. The summed E-state index contributed by atoms with van der Waals surface area (Å²) in [6.07, 6.45) is 3.56. The molecule has 38 heavy (non-hydrogen) atoms. The predicted molar refractivity (Wildman–Crippen MR) is 157 cm³/mol. The van der Waals surface area contributed by atoms with E-state index in [0.717, 1.165) is 30.0 Å². The number of piperazine rings is 1. The highest BCUT2D eigenvalue weighted by Gasteiger charge is 2.20. The summed E-state index contributed by atoms with van der Waals surface area (Å²) < 4.78 is 5.61. The quantitative estimate of drug-likeness (QED) is 0.334. The lowest BCUT2D eigenvalue weighted by Gasteiger charge is -2.35. The first-order valence-corrected chi connectivity index (χ1v) is 13.0. The molecule has 0 aliphatic carbocycles. The molecule has 2 amide bonds. The fourth-order valence-corrected chi connectivity index (χ4v) is 4.28. The van der Waals surface area contributed by atoms with Crippen molar-refractivity contribution < 1.29 is 14.3 Å². The lowest BCUT2D eigenvalue weighted by atomic mass is 10.2. The van der Waals surface area contributed by atoms with Gasteiger partial charge in [0.15, 0.2) is 5.11 Å². The maximum Gasteiger partial charge on any atom is 0.257 e. The van der Waals surface area contributed by atoms with E-state index in [-0.39, 0.29) is 23.0 Å². The second kappa shape index (κ2) is 12.9. The van der Waals surface area contributed by atoms with Gasteiger partial charge in [0.25, 0.3) is 5.91 Å². The maximum absolute atomic E-state index is 12.5. The van der Waals surface area contributed by atoms with Crippen molar-refractivity contribution in [3.8, 4) is 5.75 Å². The van der Waals surface area contributed by atoms with Crippen LogP contribution in [0.3, 0.4) is 0 Å². The van der Waals surface area contributed by atoms with Crippen LogP contribution in [0.4, 0.5) is 11.4 Å². The van der Waals surface area contributed by atoms with Gasteiger partial charge in [0.1, 0.15) is 5.75 Å². The van der Waals surface area contributed by atoms with E-state index in [1.165, 1.54) is 0 Å². The number of hydrogen-bond donors (Lipinski definition) is 2. The van der Waals surface area contributed by atoms with Crippen molar-refractivity contribution in [1.29, 1.82) is 0 Å². The molecule has 1 aliphatic rings. The number of carbonyl (C=O) groups excluding carboxylic acids is 2. The molecule has 196 valence electrons. The molecular formula is C30H32N4O3S. The molecule has 4 rings (SSSR count). The minimum Gasteiger partial charge on any atom is -0.491 e. The Balaban J connectivity index is 1.23. The summed E-state index contributed by atoms with van der Waals surface area (Å²) in [7, 11) is 0. The van der Waals surface area contributed by atoms with E-state index < -0.39 is 0 Å². The molecule has 3 aromatic carbocycles. The summed E-state index contributed by atoms with van der Waals surface area (Å²) in [5, 5.41) is 5.98. The van der Waals surface area contributed by atoms with Crippen molar-refractivity contribution in [3.05, 3.63) is 96.1 Å². The lowest BCUT2D eigenvalue weighted by Crippen LogP contribution is -2.48. The first-order chi connectivity index (χ1) is 18.4. The third kappa shape index (κ3) is 7.66. The number of anilines is 2. The van der Waals surface area contributed by atoms with Crippen LogP contribution in [-0.4, -0.2) is 54.1 Å². The second-order valence-corrected chi connectivity index (χ2v) is 9.61. The topological polar surface area (TPSA) is 73.9 Å². The van der Waals surface area contributed by atoms with Gasteiger partial charge in [-0.3, -0.25) is 14.9 Å². The molecule has 1 fully saturated rings. The van der Waals surface area contributed by atoms with Crippen LogP contribution in [0.25, 0.3) is 6.08 Å². The van der Waals surface area contributed by atoms with Crippen molar-refractivity contribution in [2.75, 3.05) is 36.4 Å². The number of nitrogens with zero attached hydrogens (tertiary/aromatic N) is 2. The van der Waals surface area contributed by atoms with Gasteiger partial charge in [0, 0.05) is 49.2 Å². The van der Waals surface area contributed by atoms with E-state index in [1.54, 1.807) is 30.3 Å². The number of thiocarbonyl (C=S) groups is 1. The van der Waals surface area contributed by atoms with Gasteiger partial charge >= 0.3 is 0 Å². The standard InChI is InChI=1S/C30H32N4O3S/c1-22(2)37-27-15-9-24(10-16-27)29(36)32-30(38)31-25-11-13-26(14-12-25)33-18-20-34(21-19-33)28(35)17-8-23-6-4-3-5-7-23/h3-17,22H,18-21H2,1-2H3,(H2,31,32,36,38)/b17-8+. The summed E-state index contributed by atoms with van der Waals surface area (Å²) in [6.45, 7) is 6.75. The zero-order valence-electron chi connectivity index (χ0n) is 21.6. The minimum atomic E-state index is -0.291. The van der Waals surface area contributed by atoms with Crippen LogP contribution in [0, 0.1) is 0 Å². The molecule has 2 N–H and O–H groups in total. The Bertz CT molecular complexity index is 1270. The first kappa shape index (κ1) is 26.9. The number of amides is 2. The van der Waals surface area contributed by atoms with Gasteiger partial charge in [-0.05, 0) is 86.2 Å². The van der Waals surface area contributed by atoms with Crippen molar-refractivity contribution in [2.24, 2.45) is 0 Å². The molecule has 0 saturated carbocycles. The Morgan fingerprint density at radius 3 is 2.18 bits per heavy atom. The molecule has 0 bridgehead atoms. The van der Waals surface area contributed by atoms with E-state index in [2.05, 4.69) is 15.5 Å². The Kier molecular flexibility index (Phi) is 9.11. The fraction of sp³-hybridized carbons (Fsp3) is 0.233. The molecule has 0 unspecified atom stereocenters. The Labute approximate surface area is 229 Å². The van der Waals surface area contributed by atoms with Gasteiger partial charge in [-0.2, -0.15) is 0 Å². The smallest absolute Gasteiger partial charge is 0.257 e. The Morgan fingerprint density at radius 1 is 0.895 bits per heavy atom. The molecule has 1 aliphatic heterocycles. The summed E-state index contributed by atoms with van der Waals surface area (Å²) in [4.78, 5) is 29.2. The first-order valence-electron chi connectivity index (χ1n) is 12.6. The zero-order valence-corrected chi connectivity index (χ0v) is 22.4. The van der Waals surface area contributed by atoms with Gasteiger partial charge in [0.2, 0.25) is 5.91 Å². The number of carbonyl (C=O) groups is 2. The Hall–Kier alpha value is -4.17. The van der Waals surface area contributed by atoms with Crippen molar-refractivity contribution in [3.63, 3.8) is 0 Å². The maximum atomic E-state index is 12.5. The van der Waals surface area contributed by atoms with Gasteiger partial charge in [-0.15, -0.1) is 0 Å². The molecule has 8 heteroatoms. The molecule has 0 spiro atoms. The van der Waals surface area contributed by atoms with E-state index in [4.69, 9.17) is 17.0 Å². The normalized spacial score (nSPS) is 13.4. The second-order valence-electron chi connectivity index (χ2n) is 9.20. The van der Waals surface area contributed by atoms with E-state index in [9.17, 15) is 9.59 Å². The number of ether oxygens (including phenoxy) is 1. The number of benzene rings is 3.